The van der Waals surface area contributed by atoms with Crippen LogP contribution >= 0.6 is 0 Å². The molecule has 11 N–H and O–H groups in total. The number of carbonyl (C=O) groups is 8. The van der Waals surface area contributed by atoms with E-state index in [0.717, 1.165) is 0 Å². The molecule has 18 nitrogen and oxygen atoms in total. The SMILES string of the molecule is CC[C@H](C)[C@H](NC(=O)[C@H](CCC(=O)O)NC(=O)[C@H](CCC(=O)O)NC(=O)[C@@H](NC(=O)[C@@H](N)C(C)C)[C@@H](C)O)C(=O)N[C@@H](C)C(=O)O. The molecule has 0 fully saturated rings. The predicted molar refractivity (Wildman–Crippen MR) is 161 cm³/mol. The molecule has 0 aliphatic heterocycles. The number of rotatable bonds is 21. The van der Waals surface area contributed by atoms with E-state index in [1.54, 1.807) is 27.7 Å². The molecule has 0 saturated carbocycles. The summed E-state index contributed by atoms with van der Waals surface area (Å²) in [7, 11) is 0. The maximum absolute atomic E-state index is 13.3. The average Bonchev–Trinajstić information content (AvgIpc) is 2.96. The summed E-state index contributed by atoms with van der Waals surface area (Å²) in [6.07, 6.45) is -3.35. The van der Waals surface area contributed by atoms with Gasteiger partial charge in [0.1, 0.15) is 30.2 Å². The van der Waals surface area contributed by atoms with Gasteiger partial charge in [-0.3, -0.25) is 38.4 Å². The number of carboxylic acids is 3. The molecule has 0 rings (SSSR count). The number of carbonyl (C=O) groups excluding carboxylic acids is 5. The lowest BCUT2D eigenvalue weighted by atomic mass is 9.97. The monoisotopic (exact) mass is 660 g/mol. The maximum atomic E-state index is 13.3. The lowest BCUT2D eigenvalue weighted by Gasteiger charge is -2.29. The molecule has 18 heteroatoms. The van der Waals surface area contributed by atoms with Gasteiger partial charge < -0.3 is 52.7 Å². The Labute approximate surface area is 266 Å². The minimum Gasteiger partial charge on any atom is -0.481 e. The predicted octanol–water partition coefficient (Wildman–Crippen LogP) is -2.35. The first kappa shape index (κ1) is 41.7. The van der Waals surface area contributed by atoms with Crippen molar-refractivity contribution in [1.82, 2.24) is 26.6 Å². The minimum atomic E-state index is -1.63. The molecule has 0 aromatic rings. The van der Waals surface area contributed by atoms with Gasteiger partial charge in [0.05, 0.1) is 12.1 Å². The van der Waals surface area contributed by atoms with Crippen LogP contribution in [0.15, 0.2) is 0 Å². The number of nitrogens with one attached hydrogen (secondary N) is 5. The molecule has 0 spiro atoms. The Morgan fingerprint density at radius 3 is 1.41 bits per heavy atom. The summed E-state index contributed by atoms with van der Waals surface area (Å²) in [5.41, 5.74) is 5.80. The van der Waals surface area contributed by atoms with Crippen LogP contribution in [0, 0.1) is 11.8 Å². The zero-order valence-electron chi connectivity index (χ0n) is 26.9. The van der Waals surface area contributed by atoms with E-state index >= 15 is 0 Å². The molecule has 0 heterocycles. The van der Waals surface area contributed by atoms with Gasteiger partial charge in [-0.1, -0.05) is 34.1 Å². The molecule has 0 aliphatic carbocycles. The van der Waals surface area contributed by atoms with E-state index < -0.39 is 121 Å². The van der Waals surface area contributed by atoms with Crippen LogP contribution in [0.4, 0.5) is 0 Å². The molecule has 0 unspecified atom stereocenters. The van der Waals surface area contributed by atoms with Crippen LogP contribution < -0.4 is 32.3 Å². The molecule has 262 valence electrons. The Morgan fingerprint density at radius 2 is 1.02 bits per heavy atom. The second kappa shape index (κ2) is 19.9. The fraction of sp³-hybridized carbons (Fsp3) is 0.714. The van der Waals surface area contributed by atoms with Crippen LogP contribution in [0.25, 0.3) is 0 Å². The summed E-state index contributed by atoms with van der Waals surface area (Å²) >= 11 is 0. The highest BCUT2D eigenvalue weighted by Crippen LogP contribution is 2.11. The Hall–Kier alpha value is -4.32. The highest BCUT2D eigenvalue weighted by atomic mass is 16.4. The first-order chi connectivity index (χ1) is 21.2. The summed E-state index contributed by atoms with van der Waals surface area (Å²) in [6.45, 7) is 9.01. The summed E-state index contributed by atoms with van der Waals surface area (Å²) in [6, 6.07) is -8.45. The highest BCUT2D eigenvalue weighted by molar-refractivity contribution is 5.96. The van der Waals surface area contributed by atoms with Crippen molar-refractivity contribution in [3.8, 4) is 0 Å². The molecule has 46 heavy (non-hydrogen) atoms. The minimum absolute atomic E-state index is 0.327. The van der Waals surface area contributed by atoms with Gasteiger partial charge in [0.15, 0.2) is 0 Å². The molecule has 5 amide bonds. The molecule has 0 aromatic carbocycles. The van der Waals surface area contributed by atoms with E-state index in [9.17, 15) is 53.7 Å². The number of hydrogen-bond acceptors (Lipinski definition) is 10. The van der Waals surface area contributed by atoms with Crippen molar-refractivity contribution in [3.63, 3.8) is 0 Å². The van der Waals surface area contributed by atoms with Gasteiger partial charge in [-0.2, -0.15) is 0 Å². The van der Waals surface area contributed by atoms with Crippen LogP contribution in [-0.2, 0) is 38.4 Å². The van der Waals surface area contributed by atoms with E-state index in [1.165, 1.54) is 13.8 Å². The van der Waals surface area contributed by atoms with E-state index in [2.05, 4.69) is 26.6 Å². The number of hydrogen-bond donors (Lipinski definition) is 10. The summed E-state index contributed by atoms with van der Waals surface area (Å²) < 4.78 is 0. The van der Waals surface area contributed by atoms with Gasteiger partial charge in [0.2, 0.25) is 29.5 Å². The van der Waals surface area contributed by atoms with Crippen molar-refractivity contribution in [3.05, 3.63) is 0 Å². The average molecular weight is 661 g/mol. The maximum Gasteiger partial charge on any atom is 0.325 e. The van der Waals surface area contributed by atoms with Crippen molar-refractivity contribution < 1.29 is 58.8 Å². The number of carboxylic acid groups (broad SMARTS) is 3. The van der Waals surface area contributed by atoms with Crippen LogP contribution in [0.1, 0.15) is 73.6 Å². The third-order valence-corrected chi connectivity index (χ3v) is 7.17. The van der Waals surface area contributed by atoms with Crippen LogP contribution in [0.2, 0.25) is 0 Å². The zero-order valence-corrected chi connectivity index (χ0v) is 26.9. The van der Waals surface area contributed by atoms with Crippen LogP contribution in [-0.4, -0.2) is 110 Å². The Bertz CT molecular complexity index is 1110. The number of aliphatic carboxylic acids is 3. The molecule has 0 saturated heterocycles. The molecule has 8 atom stereocenters. The van der Waals surface area contributed by atoms with E-state index in [-0.39, 0.29) is 5.92 Å². The summed E-state index contributed by atoms with van der Waals surface area (Å²) in [4.78, 5) is 98.8. The lowest BCUT2D eigenvalue weighted by Crippen LogP contribution is -2.61. The summed E-state index contributed by atoms with van der Waals surface area (Å²) in [5, 5.41) is 49.2. The first-order valence-corrected chi connectivity index (χ1v) is 14.8. The Morgan fingerprint density at radius 1 is 0.609 bits per heavy atom. The zero-order chi connectivity index (χ0) is 35.9. The van der Waals surface area contributed by atoms with Gasteiger partial charge in [-0.15, -0.1) is 0 Å². The molecular formula is C28H48N6O12. The van der Waals surface area contributed by atoms with Crippen LogP contribution in [0.5, 0.6) is 0 Å². The Balaban J connectivity index is 6.19. The number of amides is 5. The highest BCUT2D eigenvalue weighted by Gasteiger charge is 2.35. The van der Waals surface area contributed by atoms with Gasteiger partial charge in [0, 0.05) is 12.8 Å². The second-order valence-corrected chi connectivity index (χ2v) is 11.4. The lowest BCUT2D eigenvalue weighted by molar-refractivity contribution is -0.142. The van der Waals surface area contributed by atoms with Gasteiger partial charge in [0.25, 0.3) is 0 Å². The van der Waals surface area contributed by atoms with E-state index in [0.29, 0.717) is 6.42 Å². The van der Waals surface area contributed by atoms with Crippen molar-refractivity contribution in [2.45, 2.75) is 116 Å². The van der Waals surface area contributed by atoms with Crippen molar-refractivity contribution in [2.75, 3.05) is 0 Å². The molecule has 0 aromatic heterocycles. The third kappa shape index (κ3) is 14.6. The van der Waals surface area contributed by atoms with Gasteiger partial charge in [-0.25, -0.2) is 0 Å². The van der Waals surface area contributed by atoms with Crippen molar-refractivity contribution in [1.29, 1.82) is 0 Å². The van der Waals surface area contributed by atoms with Crippen molar-refractivity contribution in [2.24, 2.45) is 17.6 Å². The first-order valence-electron chi connectivity index (χ1n) is 14.8. The molecular weight excluding hydrogens is 612 g/mol. The standard InChI is InChI=1S/C28H48N6O12/c1-7-13(4)21(26(43)30-14(5)28(45)46)33-24(41)17(9-11-19(38)39)31-23(40)16(8-10-18(36)37)32-27(44)22(15(6)35)34-25(42)20(29)12(2)3/h12-17,20-22,35H,7-11,29H2,1-6H3,(H,30,43)(H,31,40)(H,32,44)(H,33,41)(H,34,42)(H,36,37)(H,38,39)(H,45,46)/t13-,14-,15+,16-,17-,20-,21-,22-/m0/s1. The molecule has 0 aliphatic rings. The smallest absolute Gasteiger partial charge is 0.325 e. The number of aliphatic hydroxyl groups excluding tert-OH is 1. The summed E-state index contributed by atoms with van der Waals surface area (Å²) in [5.74, 6) is -9.63. The third-order valence-electron chi connectivity index (χ3n) is 7.17. The van der Waals surface area contributed by atoms with E-state index in [1.807, 2.05) is 0 Å². The van der Waals surface area contributed by atoms with Crippen molar-refractivity contribution >= 4 is 47.4 Å². The Kier molecular flexibility index (Phi) is 18.1. The number of aliphatic hydroxyl groups is 1. The second-order valence-electron chi connectivity index (χ2n) is 11.4. The normalized spacial score (nSPS) is 16.3. The van der Waals surface area contributed by atoms with Gasteiger partial charge in [-0.05, 0) is 38.5 Å². The fourth-order valence-corrected chi connectivity index (χ4v) is 3.89. The van der Waals surface area contributed by atoms with E-state index in [4.69, 9.17) is 10.8 Å². The van der Waals surface area contributed by atoms with Crippen LogP contribution in [0.3, 0.4) is 0 Å². The van der Waals surface area contributed by atoms with Gasteiger partial charge >= 0.3 is 17.9 Å². The molecule has 0 bridgehead atoms. The molecule has 0 radical (unpaired) electrons. The quantitative estimate of drug-likeness (QED) is 0.0618. The largest absolute Gasteiger partial charge is 0.481 e. The fourth-order valence-electron chi connectivity index (χ4n) is 3.89. The number of nitrogens with two attached hydrogens (primary N) is 1. The topological polar surface area (TPSA) is 304 Å².